The van der Waals surface area contributed by atoms with Gasteiger partial charge in [0.15, 0.2) is 5.70 Å². The largest absolute Gasteiger partial charge is 0.423 e. The Hall–Kier alpha value is -3.48. The van der Waals surface area contributed by atoms with Crippen LogP contribution in [0, 0.1) is 5.82 Å². The van der Waals surface area contributed by atoms with E-state index in [1.807, 2.05) is 0 Å². The average molecular weight is 456 g/mol. The van der Waals surface area contributed by atoms with E-state index in [9.17, 15) is 14.0 Å². The third kappa shape index (κ3) is 4.82. The molecule has 31 heavy (non-hydrogen) atoms. The van der Waals surface area contributed by atoms with Gasteiger partial charge in [-0.25, -0.2) is 19.0 Å². The van der Waals surface area contributed by atoms with Crippen molar-refractivity contribution in [2.24, 2.45) is 4.99 Å². The van der Waals surface area contributed by atoms with Crippen molar-refractivity contribution in [2.75, 3.05) is 0 Å². The van der Waals surface area contributed by atoms with Crippen LogP contribution < -0.4 is 4.74 Å². The van der Waals surface area contributed by atoms with Gasteiger partial charge in [-0.3, -0.25) is 0 Å². The number of esters is 2. The molecule has 3 aromatic rings. The maximum atomic E-state index is 13.4. The van der Waals surface area contributed by atoms with Crippen LogP contribution in [0.2, 0.25) is 10.0 Å². The number of hydrogen-bond acceptors (Lipinski definition) is 5. The van der Waals surface area contributed by atoms with Gasteiger partial charge in [-0.15, -0.1) is 0 Å². The Bertz CT molecular complexity index is 1250. The molecule has 5 nitrogen and oxygen atoms in total. The van der Waals surface area contributed by atoms with E-state index in [1.165, 1.54) is 36.4 Å². The summed E-state index contributed by atoms with van der Waals surface area (Å²) in [6.07, 6.45) is 1.51. The Morgan fingerprint density at radius 1 is 1.03 bits per heavy atom. The molecule has 1 heterocycles. The van der Waals surface area contributed by atoms with Crippen LogP contribution in [0.3, 0.4) is 0 Å². The number of carbonyl (C=O) groups excluding carboxylic acids is 2. The highest BCUT2D eigenvalue weighted by molar-refractivity contribution is 6.36. The molecule has 1 aliphatic rings. The molecule has 0 N–H and O–H groups in total. The summed E-state index contributed by atoms with van der Waals surface area (Å²) in [6, 6.07) is 16.5. The van der Waals surface area contributed by atoms with Gasteiger partial charge in [0.05, 0.1) is 10.6 Å². The van der Waals surface area contributed by atoms with Gasteiger partial charge in [-0.1, -0.05) is 41.4 Å². The van der Waals surface area contributed by atoms with E-state index in [0.717, 1.165) is 0 Å². The predicted molar refractivity (Wildman–Crippen MR) is 115 cm³/mol. The van der Waals surface area contributed by atoms with Crippen LogP contribution in [0.4, 0.5) is 4.39 Å². The normalized spacial score (nSPS) is 14.4. The van der Waals surface area contributed by atoms with Crippen LogP contribution in [0.15, 0.2) is 77.4 Å². The molecule has 3 aromatic carbocycles. The van der Waals surface area contributed by atoms with Crippen molar-refractivity contribution >= 4 is 47.1 Å². The molecule has 0 saturated heterocycles. The summed E-state index contributed by atoms with van der Waals surface area (Å²) in [4.78, 5) is 28.5. The fourth-order valence-electron chi connectivity index (χ4n) is 2.76. The van der Waals surface area contributed by atoms with Gasteiger partial charge in [-0.05, 0) is 60.2 Å². The molecule has 1 aliphatic heterocycles. The molecule has 0 radical (unpaired) electrons. The van der Waals surface area contributed by atoms with Crippen molar-refractivity contribution in [1.82, 2.24) is 0 Å². The first-order chi connectivity index (χ1) is 14.9. The highest BCUT2D eigenvalue weighted by Gasteiger charge is 2.24. The quantitative estimate of drug-likeness (QED) is 0.287. The van der Waals surface area contributed by atoms with Gasteiger partial charge in [0.1, 0.15) is 11.6 Å². The number of cyclic esters (lactones) is 1. The number of carbonyl (C=O) groups is 2. The number of rotatable bonds is 4. The van der Waals surface area contributed by atoms with Crippen LogP contribution in [-0.4, -0.2) is 17.8 Å². The lowest BCUT2D eigenvalue weighted by Gasteiger charge is -2.06. The van der Waals surface area contributed by atoms with Crippen LogP contribution in [0.25, 0.3) is 6.08 Å². The zero-order valence-corrected chi connectivity index (χ0v) is 17.2. The molecule has 154 valence electrons. The monoisotopic (exact) mass is 455 g/mol. The highest BCUT2D eigenvalue weighted by atomic mass is 35.5. The minimum atomic E-state index is -0.646. The Balaban J connectivity index is 1.49. The van der Waals surface area contributed by atoms with Gasteiger partial charge >= 0.3 is 11.9 Å². The minimum absolute atomic E-state index is 0.0288. The Morgan fingerprint density at radius 3 is 2.52 bits per heavy atom. The lowest BCUT2D eigenvalue weighted by atomic mass is 10.2. The van der Waals surface area contributed by atoms with E-state index < -0.39 is 17.8 Å². The molecule has 4 rings (SSSR count). The predicted octanol–water partition coefficient (Wildman–Crippen LogP) is 5.70. The van der Waals surface area contributed by atoms with E-state index in [-0.39, 0.29) is 27.9 Å². The molecule has 0 unspecified atom stereocenters. The van der Waals surface area contributed by atoms with Gasteiger partial charge in [0.2, 0.25) is 5.90 Å². The van der Waals surface area contributed by atoms with Crippen molar-refractivity contribution in [3.63, 3.8) is 0 Å². The number of nitrogens with zero attached hydrogens (tertiary/aromatic N) is 1. The van der Waals surface area contributed by atoms with Crippen LogP contribution in [0.1, 0.15) is 21.5 Å². The molecular weight excluding hydrogens is 444 g/mol. The topological polar surface area (TPSA) is 65.0 Å². The summed E-state index contributed by atoms with van der Waals surface area (Å²) in [7, 11) is 0. The van der Waals surface area contributed by atoms with Gasteiger partial charge in [0, 0.05) is 10.6 Å². The van der Waals surface area contributed by atoms with E-state index in [2.05, 4.69) is 4.99 Å². The Morgan fingerprint density at radius 2 is 1.81 bits per heavy atom. The molecule has 0 bridgehead atoms. The second-order valence-corrected chi connectivity index (χ2v) is 7.27. The van der Waals surface area contributed by atoms with E-state index >= 15 is 0 Å². The molecule has 0 saturated carbocycles. The number of halogens is 3. The molecule has 0 spiro atoms. The lowest BCUT2D eigenvalue weighted by molar-refractivity contribution is -0.129. The number of ether oxygens (including phenoxy) is 2. The summed E-state index contributed by atoms with van der Waals surface area (Å²) in [5.74, 6) is -1.42. The number of aliphatic imine (C=N–C) groups is 1. The number of hydrogen-bond donors (Lipinski definition) is 0. The maximum absolute atomic E-state index is 13.4. The van der Waals surface area contributed by atoms with E-state index in [4.69, 9.17) is 32.7 Å². The SMILES string of the molecule is O=C1OC(c2cccc(F)c2)=N/C1=C\c1ccc(OC(=O)c2ccc(Cl)cc2Cl)cc1. The molecule has 0 amide bonds. The first-order valence-electron chi connectivity index (χ1n) is 8.95. The number of benzene rings is 3. The molecule has 0 aromatic heterocycles. The first kappa shape index (κ1) is 20.8. The van der Waals surface area contributed by atoms with Gasteiger partial charge < -0.3 is 9.47 Å². The van der Waals surface area contributed by atoms with Gasteiger partial charge in [0.25, 0.3) is 0 Å². The smallest absolute Gasteiger partial charge is 0.363 e. The summed E-state index contributed by atoms with van der Waals surface area (Å²) in [6.45, 7) is 0. The Labute approximate surface area is 186 Å². The molecule has 0 atom stereocenters. The van der Waals surface area contributed by atoms with Crippen LogP contribution in [-0.2, 0) is 9.53 Å². The maximum Gasteiger partial charge on any atom is 0.363 e. The van der Waals surface area contributed by atoms with E-state index in [0.29, 0.717) is 16.1 Å². The third-order valence-electron chi connectivity index (χ3n) is 4.24. The van der Waals surface area contributed by atoms with Crippen molar-refractivity contribution in [3.8, 4) is 5.75 Å². The Kier molecular flexibility index (Phi) is 5.84. The van der Waals surface area contributed by atoms with Crippen molar-refractivity contribution in [2.45, 2.75) is 0 Å². The van der Waals surface area contributed by atoms with Crippen LogP contribution >= 0.6 is 23.2 Å². The highest BCUT2D eigenvalue weighted by Crippen LogP contribution is 2.24. The van der Waals surface area contributed by atoms with Crippen molar-refractivity contribution < 1.29 is 23.5 Å². The first-order valence-corrected chi connectivity index (χ1v) is 9.70. The molecular formula is C23H12Cl2FNO4. The fourth-order valence-corrected chi connectivity index (χ4v) is 3.25. The molecule has 0 fully saturated rings. The third-order valence-corrected chi connectivity index (χ3v) is 4.78. The van der Waals surface area contributed by atoms with Crippen molar-refractivity contribution in [3.05, 3.63) is 105 Å². The summed E-state index contributed by atoms with van der Waals surface area (Å²) >= 11 is 11.8. The molecule has 0 aliphatic carbocycles. The van der Waals surface area contributed by atoms with Gasteiger partial charge in [-0.2, -0.15) is 0 Å². The molecule has 8 heteroatoms. The summed E-state index contributed by atoms with van der Waals surface area (Å²) < 4.78 is 23.8. The second-order valence-electron chi connectivity index (χ2n) is 6.43. The fraction of sp³-hybridized carbons (Fsp3) is 0. The van der Waals surface area contributed by atoms with E-state index in [1.54, 1.807) is 36.4 Å². The minimum Gasteiger partial charge on any atom is -0.423 e. The second kappa shape index (κ2) is 8.71. The zero-order chi connectivity index (χ0) is 22.0. The van der Waals surface area contributed by atoms with Crippen LogP contribution in [0.5, 0.6) is 5.75 Å². The summed E-state index contributed by atoms with van der Waals surface area (Å²) in [5.41, 5.74) is 1.24. The summed E-state index contributed by atoms with van der Waals surface area (Å²) in [5, 5.41) is 0.596. The van der Waals surface area contributed by atoms with Crippen molar-refractivity contribution in [1.29, 1.82) is 0 Å². The lowest BCUT2D eigenvalue weighted by Crippen LogP contribution is -2.09. The average Bonchev–Trinajstić information content (AvgIpc) is 3.10. The zero-order valence-electron chi connectivity index (χ0n) is 15.6. The standard InChI is InChI=1S/C23H12Cl2FNO4/c24-15-6-9-18(19(25)12-15)22(28)30-17-7-4-13(5-8-17)10-20-23(29)31-21(27-20)14-2-1-3-16(26)11-14/h1-12H/b20-10-.